The first kappa shape index (κ1) is 20.4. The standard InChI is InChI=1S/C20H18Cl2N6O2S/c1-27(2)19-23-15(21)13-12(9-5-6-10-11(7-9)30-8-29-10)14-16(22)24-20(28(3)4)26-18(14)31-17(13)25-19/h5-7,15H,8H2,1-4H3. The third-order valence-electron chi connectivity index (χ3n) is 4.89. The molecule has 0 N–H and O–H groups in total. The molecule has 4 heterocycles. The second kappa shape index (κ2) is 7.58. The zero-order valence-electron chi connectivity index (χ0n) is 17.2. The summed E-state index contributed by atoms with van der Waals surface area (Å²) in [5, 5.41) is 1.78. The van der Waals surface area contributed by atoms with Crippen LogP contribution in [-0.2, 0) is 0 Å². The smallest absolute Gasteiger partial charge is 0.231 e. The molecule has 0 spiro atoms. The van der Waals surface area contributed by atoms with Gasteiger partial charge >= 0.3 is 0 Å². The maximum absolute atomic E-state index is 6.78. The molecular formula is C20H18Cl2N6O2S. The van der Waals surface area contributed by atoms with Crippen molar-refractivity contribution in [2.24, 2.45) is 9.98 Å². The fraction of sp³-hybridized carbons (Fsp3) is 0.300. The molecule has 1 aromatic heterocycles. The Morgan fingerprint density at radius 3 is 2.58 bits per heavy atom. The van der Waals surface area contributed by atoms with Crippen molar-refractivity contribution in [1.29, 1.82) is 0 Å². The molecule has 8 nitrogen and oxygen atoms in total. The summed E-state index contributed by atoms with van der Waals surface area (Å²) < 4.78 is 11.1. The van der Waals surface area contributed by atoms with Crippen LogP contribution in [0.25, 0.3) is 5.57 Å². The molecule has 1 atom stereocenters. The minimum Gasteiger partial charge on any atom is -0.454 e. The molecular weight excluding hydrogens is 459 g/mol. The summed E-state index contributed by atoms with van der Waals surface area (Å²) in [7, 11) is 7.50. The van der Waals surface area contributed by atoms with Crippen LogP contribution in [0.3, 0.4) is 0 Å². The van der Waals surface area contributed by atoms with Gasteiger partial charge in [0.15, 0.2) is 17.0 Å². The summed E-state index contributed by atoms with van der Waals surface area (Å²) in [5.41, 5.74) is 2.48. The normalized spacial score (nSPS) is 18.8. The van der Waals surface area contributed by atoms with Crippen LogP contribution in [0.4, 0.5) is 5.95 Å². The molecule has 0 bridgehead atoms. The zero-order valence-corrected chi connectivity index (χ0v) is 19.5. The van der Waals surface area contributed by atoms with Crippen molar-refractivity contribution < 1.29 is 9.47 Å². The lowest BCUT2D eigenvalue weighted by molar-refractivity contribution is 0.174. The summed E-state index contributed by atoms with van der Waals surface area (Å²) in [6.45, 7) is 0.189. The minimum absolute atomic E-state index is 0.189. The van der Waals surface area contributed by atoms with E-state index in [1.807, 2.05) is 56.2 Å². The zero-order chi connectivity index (χ0) is 21.9. The lowest BCUT2D eigenvalue weighted by Crippen LogP contribution is -2.30. The Balaban J connectivity index is 1.78. The van der Waals surface area contributed by atoms with E-state index in [4.69, 9.17) is 42.7 Å². The first-order chi connectivity index (χ1) is 14.8. The number of hydrogen-bond acceptors (Lipinski definition) is 9. The summed E-state index contributed by atoms with van der Waals surface area (Å²) in [5.74, 6) is 2.42. The van der Waals surface area contributed by atoms with E-state index in [1.165, 1.54) is 11.8 Å². The molecule has 1 unspecified atom stereocenters. The number of alkyl halides is 1. The van der Waals surface area contributed by atoms with Gasteiger partial charge in [0.25, 0.3) is 0 Å². The Morgan fingerprint density at radius 1 is 1.06 bits per heavy atom. The molecule has 0 aliphatic carbocycles. The second-order valence-electron chi connectivity index (χ2n) is 7.42. The number of anilines is 1. The molecule has 3 aliphatic heterocycles. The van der Waals surface area contributed by atoms with E-state index in [1.54, 1.807) is 0 Å². The van der Waals surface area contributed by atoms with Crippen molar-refractivity contribution in [1.82, 2.24) is 14.9 Å². The van der Waals surface area contributed by atoms with Gasteiger partial charge in [-0.05, 0) is 29.5 Å². The first-order valence-electron chi connectivity index (χ1n) is 9.39. The number of guanidine groups is 1. The fourth-order valence-electron chi connectivity index (χ4n) is 3.43. The number of nitrogens with zero attached hydrogens (tertiary/aromatic N) is 6. The molecule has 1 aromatic carbocycles. The number of aromatic nitrogens is 2. The molecule has 0 saturated carbocycles. The summed E-state index contributed by atoms with van der Waals surface area (Å²) in [4.78, 5) is 22.2. The number of fused-ring (bicyclic) bond motifs is 3. The van der Waals surface area contributed by atoms with Gasteiger partial charge in [0.05, 0.1) is 5.56 Å². The average molecular weight is 477 g/mol. The monoisotopic (exact) mass is 476 g/mol. The van der Waals surface area contributed by atoms with E-state index in [2.05, 4.69) is 9.98 Å². The molecule has 0 radical (unpaired) electrons. The van der Waals surface area contributed by atoms with Crippen molar-refractivity contribution in [3.63, 3.8) is 0 Å². The van der Waals surface area contributed by atoms with E-state index in [-0.39, 0.29) is 6.79 Å². The molecule has 11 heteroatoms. The Morgan fingerprint density at radius 2 is 1.84 bits per heavy atom. The number of thioether (sulfide) groups is 1. The van der Waals surface area contributed by atoms with Crippen LogP contribution < -0.4 is 14.4 Å². The number of hydrogen-bond donors (Lipinski definition) is 0. The van der Waals surface area contributed by atoms with E-state index < -0.39 is 5.50 Å². The van der Waals surface area contributed by atoms with Crippen LogP contribution >= 0.6 is 35.0 Å². The molecule has 5 rings (SSSR count). The largest absolute Gasteiger partial charge is 0.454 e. The minimum atomic E-state index is -0.643. The van der Waals surface area contributed by atoms with Crippen LogP contribution in [0.5, 0.6) is 11.5 Å². The summed E-state index contributed by atoms with van der Waals surface area (Å²) in [6.07, 6.45) is 0. The van der Waals surface area contributed by atoms with E-state index in [0.717, 1.165) is 21.8 Å². The van der Waals surface area contributed by atoms with Gasteiger partial charge in [-0.15, -0.1) is 0 Å². The maximum atomic E-state index is 6.78. The lowest BCUT2D eigenvalue weighted by Gasteiger charge is -2.30. The molecule has 0 saturated heterocycles. The third-order valence-corrected chi connectivity index (χ3v) is 6.48. The summed E-state index contributed by atoms with van der Waals surface area (Å²) in [6, 6.07) is 5.72. The quantitative estimate of drug-likeness (QED) is 0.371. The van der Waals surface area contributed by atoms with Crippen molar-refractivity contribution in [3.05, 3.63) is 40.1 Å². The number of ether oxygens (including phenoxy) is 2. The van der Waals surface area contributed by atoms with Crippen LogP contribution in [-0.4, -0.2) is 66.4 Å². The van der Waals surface area contributed by atoms with Gasteiger partial charge in [-0.1, -0.05) is 29.3 Å². The lowest BCUT2D eigenvalue weighted by atomic mass is 9.93. The highest BCUT2D eigenvalue weighted by Gasteiger charge is 2.36. The molecule has 31 heavy (non-hydrogen) atoms. The Bertz CT molecular complexity index is 1190. The number of benzene rings is 1. The van der Waals surface area contributed by atoms with Crippen LogP contribution in [0.1, 0.15) is 11.1 Å². The van der Waals surface area contributed by atoms with E-state index in [0.29, 0.717) is 39.1 Å². The van der Waals surface area contributed by atoms with Gasteiger partial charge in [0.1, 0.15) is 15.2 Å². The molecule has 2 aromatic rings. The third kappa shape index (κ3) is 3.40. The van der Waals surface area contributed by atoms with E-state index >= 15 is 0 Å². The SMILES string of the molecule is CN(C)C1=NC(Cl)C2=C(c3ccc4c(c3)OCO4)c3c(Cl)nc(N(C)C)nc3SC2=N1. The van der Waals surface area contributed by atoms with Crippen molar-refractivity contribution in [2.75, 3.05) is 39.9 Å². The fourth-order valence-corrected chi connectivity index (χ4v) is 5.17. The highest BCUT2D eigenvalue weighted by molar-refractivity contribution is 8.14. The van der Waals surface area contributed by atoms with Gasteiger partial charge in [-0.3, -0.25) is 0 Å². The van der Waals surface area contributed by atoms with Crippen LogP contribution in [0.15, 0.2) is 38.8 Å². The van der Waals surface area contributed by atoms with Gasteiger partial charge in [0, 0.05) is 39.3 Å². The Labute approximate surface area is 193 Å². The van der Waals surface area contributed by atoms with Gasteiger partial charge in [-0.25, -0.2) is 20.0 Å². The maximum Gasteiger partial charge on any atom is 0.231 e. The predicted molar refractivity (Wildman–Crippen MR) is 124 cm³/mol. The second-order valence-corrected chi connectivity index (χ2v) is 9.17. The molecule has 0 fully saturated rings. The van der Waals surface area contributed by atoms with Gasteiger partial charge in [0.2, 0.25) is 18.7 Å². The number of rotatable bonds is 2. The van der Waals surface area contributed by atoms with Crippen LogP contribution in [0.2, 0.25) is 5.15 Å². The van der Waals surface area contributed by atoms with E-state index in [9.17, 15) is 0 Å². The van der Waals surface area contributed by atoms with Gasteiger partial charge < -0.3 is 19.3 Å². The average Bonchev–Trinajstić information content (AvgIpc) is 3.19. The molecule has 3 aliphatic rings. The van der Waals surface area contributed by atoms with Crippen molar-refractivity contribution in [2.45, 2.75) is 10.5 Å². The van der Waals surface area contributed by atoms with Crippen molar-refractivity contribution >= 4 is 57.5 Å². The Kier molecular flexibility index (Phi) is 4.99. The Hall–Kier alpha value is -2.49. The number of aliphatic imine (C=N–C) groups is 2. The highest BCUT2D eigenvalue weighted by atomic mass is 35.5. The summed E-state index contributed by atoms with van der Waals surface area (Å²) >= 11 is 14.9. The van der Waals surface area contributed by atoms with Gasteiger partial charge in [-0.2, -0.15) is 0 Å². The molecule has 160 valence electrons. The van der Waals surface area contributed by atoms with Crippen LogP contribution in [0, 0.1) is 0 Å². The van der Waals surface area contributed by atoms with Crippen molar-refractivity contribution in [3.8, 4) is 11.5 Å². The topological polar surface area (TPSA) is 75.4 Å². The molecule has 0 amide bonds. The highest BCUT2D eigenvalue weighted by Crippen LogP contribution is 2.48. The predicted octanol–water partition coefficient (Wildman–Crippen LogP) is 3.73. The number of halogens is 2. The first-order valence-corrected chi connectivity index (χ1v) is 11.0.